The van der Waals surface area contributed by atoms with Gasteiger partial charge >= 0.3 is 6.18 Å². The summed E-state index contributed by atoms with van der Waals surface area (Å²) in [5.41, 5.74) is 4.91. The summed E-state index contributed by atoms with van der Waals surface area (Å²) in [4.78, 5) is 8.98. The zero-order valence-electron chi connectivity index (χ0n) is 17.1. The van der Waals surface area contributed by atoms with Crippen LogP contribution in [0.2, 0.25) is 0 Å². The van der Waals surface area contributed by atoms with Crippen LogP contribution in [0.1, 0.15) is 5.56 Å². The number of pyridine rings is 2. The highest BCUT2D eigenvalue weighted by Crippen LogP contribution is 2.31. The standard InChI is InChI=1S/C27H16F4N2/c28-24-10-5-17(6-11-24)19-1-2-20-13-22(16-33-26(20)14-19)21-7-12-25(32-15-21)18-3-8-23(9-4-18)27(29,30)31/h1-16H. The lowest BCUT2D eigenvalue weighted by Crippen LogP contribution is -2.04. The zero-order valence-corrected chi connectivity index (χ0v) is 17.1. The molecule has 3 aromatic carbocycles. The number of hydrogen-bond donors (Lipinski definition) is 0. The van der Waals surface area contributed by atoms with Crippen molar-refractivity contribution < 1.29 is 17.6 Å². The van der Waals surface area contributed by atoms with E-state index in [0.29, 0.717) is 11.3 Å². The SMILES string of the molecule is Fc1ccc(-c2ccc3cc(-c4ccc(-c5ccc(C(F)(F)F)cc5)nc4)cnc3c2)cc1. The van der Waals surface area contributed by atoms with Gasteiger partial charge in [-0.15, -0.1) is 0 Å². The van der Waals surface area contributed by atoms with Crippen molar-refractivity contribution in [3.05, 3.63) is 109 Å². The van der Waals surface area contributed by atoms with Gasteiger partial charge in [0.1, 0.15) is 5.82 Å². The second-order valence-corrected chi connectivity index (χ2v) is 7.65. The maximum Gasteiger partial charge on any atom is 0.416 e. The van der Waals surface area contributed by atoms with Gasteiger partial charge in [-0.1, -0.05) is 42.5 Å². The summed E-state index contributed by atoms with van der Waals surface area (Å²) in [6, 6.07) is 22.8. The van der Waals surface area contributed by atoms with Crippen molar-refractivity contribution >= 4 is 10.9 Å². The summed E-state index contributed by atoms with van der Waals surface area (Å²) in [5, 5.41) is 0.949. The first-order valence-corrected chi connectivity index (χ1v) is 10.2. The molecular weight excluding hydrogens is 428 g/mol. The van der Waals surface area contributed by atoms with Gasteiger partial charge in [-0.2, -0.15) is 13.2 Å². The predicted molar refractivity (Wildman–Crippen MR) is 121 cm³/mol. The van der Waals surface area contributed by atoms with Gasteiger partial charge < -0.3 is 0 Å². The molecule has 0 amide bonds. The van der Waals surface area contributed by atoms with Crippen molar-refractivity contribution in [2.75, 3.05) is 0 Å². The number of benzene rings is 3. The number of nitrogens with zero attached hydrogens (tertiary/aromatic N) is 2. The monoisotopic (exact) mass is 444 g/mol. The Morgan fingerprint density at radius 3 is 1.85 bits per heavy atom. The molecule has 0 atom stereocenters. The van der Waals surface area contributed by atoms with Crippen molar-refractivity contribution in [2.24, 2.45) is 0 Å². The molecule has 0 bridgehead atoms. The second-order valence-electron chi connectivity index (χ2n) is 7.65. The minimum absolute atomic E-state index is 0.278. The fourth-order valence-corrected chi connectivity index (χ4v) is 3.67. The Balaban J connectivity index is 1.40. The average Bonchev–Trinajstić information content (AvgIpc) is 2.83. The van der Waals surface area contributed by atoms with Crippen molar-refractivity contribution in [2.45, 2.75) is 6.18 Å². The lowest BCUT2D eigenvalue weighted by Gasteiger charge is -2.09. The Morgan fingerprint density at radius 1 is 0.545 bits per heavy atom. The van der Waals surface area contributed by atoms with Gasteiger partial charge in [-0.05, 0) is 53.6 Å². The fourth-order valence-electron chi connectivity index (χ4n) is 3.67. The third kappa shape index (κ3) is 4.32. The summed E-state index contributed by atoms with van der Waals surface area (Å²) in [6.45, 7) is 0. The molecule has 0 saturated carbocycles. The number of halogens is 4. The lowest BCUT2D eigenvalue weighted by molar-refractivity contribution is -0.137. The lowest BCUT2D eigenvalue weighted by atomic mass is 10.0. The Bertz CT molecular complexity index is 1420. The van der Waals surface area contributed by atoms with Gasteiger partial charge in [0.2, 0.25) is 0 Å². The molecule has 0 aliphatic rings. The zero-order chi connectivity index (χ0) is 23.0. The van der Waals surface area contributed by atoms with Crippen LogP contribution in [-0.4, -0.2) is 9.97 Å². The normalized spacial score (nSPS) is 11.6. The predicted octanol–water partition coefficient (Wildman–Crippen LogP) is 7.79. The highest BCUT2D eigenvalue weighted by atomic mass is 19.4. The number of aromatic nitrogens is 2. The molecule has 2 heterocycles. The largest absolute Gasteiger partial charge is 0.416 e. The smallest absolute Gasteiger partial charge is 0.256 e. The average molecular weight is 444 g/mol. The van der Waals surface area contributed by atoms with Gasteiger partial charge in [0.15, 0.2) is 0 Å². The minimum atomic E-state index is -4.36. The van der Waals surface area contributed by atoms with Gasteiger partial charge in [-0.25, -0.2) is 4.39 Å². The highest BCUT2D eigenvalue weighted by molar-refractivity contribution is 5.87. The van der Waals surface area contributed by atoms with Crippen LogP contribution in [0.4, 0.5) is 17.6 Å². The molecule has 0 saturated heterocycles. The molecule has 0 N–H and O–H groups in total. The Hall–Kier alpha value is -4.06. The highest BCUT2D eigenvalue weighted by Gasteiger charge is 2.30. The van der Waals surface area contributed by atoms with Crippen LogP contribution in [0.25, 0.3) is 44.4 Å². The molecule has 5 aromatic rings. The van der Waals surface area contributed by atoms with E-state index in [0.717, 1.165) is 45.3 Å². The summed E-state index contributed by atoms with van der Waals surface area (Å²) in [5.74, 6) is -0.278. The molecule has 0 unspecified atom stereocenters. The van der Waals surface area contributed by atoms with Crippen LogP contribution in [0.15, 0.2) is 97.3 Å². The number of fused-ring (bicyclic) bond motifs is 1. The first-order valence-electron chi connectivity index (χ1n) is 10.2. The Labute approximate surface area is 187 Å². The summed E-state index contributed by atoms with van der Waals surface area (Å²) in [7, 11) is 0. The molecule has 2 nitrogen and oxygen atoms in total. The molecule has 0 radical (unpaired) electrons. The molecule has 33 heavy (non-hydrogen) atoms. The molecule has 0 spiro atoms. The third-order valence-corrected chi connectivity index (χ3v) is 5.47. The first-order chi connectivity index (χ1) is 15.9. The Morgan fingerprint density at radius 2 is 1.18 bits per heavy atom. The fraction of sp³-hybridized carbons (Fsp3) is 0.0370. The van der Waals surface area contributed by atoms with Crippen molar-refractivity contribution in [3.63, 3.8) is 0 Å². The van der Waals surface area contributed by atoms with E-state index >= 15 is 0 Å². The quantitative estimate of drug-likeness (QED) is 0.266. The molecule has 0 aliphatic carbocycles. The number of alkyl halides is 3. The van der Waals surface area contributed by atoms with E-state index in [2.05, 4.69) is 9.97 Å². The van der Waals surface area contributed by atoms with Gasteiger partial charge in [0.05, 0.1) is 16.8 Å². The van der Waals surface area contributed by atoms with E-state index in [1.54, 1.807) is 30.6 Å². The van der Waals surface area contributed by atoms with E-state index < -0.39 is 11.7 Å². The van der Waals surface area contributed by atoms with Crippen LogP contribution in [0, 0.1) is 5.82 Å². The van der Waals surface area contributed by atoms with E-state index in [4.69, 9.17) is 0 Å². The minimum Gasteiger partial charge on any atom is -0.256 e. The summed E-state index contributed by atoms with van der Waals surface area (Å²) >= 11 is 0. The van der Waals surface area contributed by atoms with E-state index in [-0.39, 0.29) is 5.82 Å². The molecule has 0 aliphatic heterocycles. The molecule has 2 aromatic heterocycles. The molecule has 6 heteroatoms. The third-order valence-electron chi connectivity index (χ3n) is 5.47. The summed E-state index contributed by atoms with van der Waals surface area (Å²) in [6.07, 6.45) is -0.924. The Kier molecular flexibility index (Phi) is 5.13. The van der Waals surface area contributed by atoms with Crippen LogP contribution in [0.5, 0.6) is 0 Å². The van der Waals surface area contributed by atoms with Crippen molar-refractivity contribution in [3.8, 4) is 33.5 Å². The van der Waals surface area contributed by atoms with E-state index in [1.165, 1.54) is 24.3 Å². The van der Waals surface area contributed by atoms with Crippen LogP contribution in [-0.2, 0) is 6.18 Å². The van der Waals surface area contributed by atoms with Crippen LogP contribution in [0.3, 0.4) is 0 Å². The van der Waals surface area contributed by atoms with Crippen molar-refractivity contribution in [1.29, 1.82) is 0 Å². The summed E-state index contributed by atoms with van der Waals surface area (Å²) < 4.78 is 51.5. The van der Waals surface area contributed by atoms with E-state index in [1.807, 2.05) is 30.3 Å². The maximum absolute atomic E-state index is 13.2. The van der Waals surface area contributed by atoms with Crippen molar-refractivity contribution in [1.82, 2.24) is 9.97 Å². The van der Waals surface area contributed by atoms with Crippen LogP contribution >= 0.6 is 0 Å². The molecule has 0 fully saturated rings. The van der Waals surface area contributed by atoms with Gasteiger partial charge in [0.25, 0.3) is 0 Å². The second kappa shape index (κ2) is 8.13. The van der Waals surface area contributed by atoms with Crippen LogP contribution < -0.4 is 0 Å². The van der Waals surface area contributed by atoms with Gasteiger partial charge in [-0.3, -0.25) is 9.97 Å². The first kappa shape index (κ1) is 20.8. The molecule has 162 valence electrons. The number of rotatable bonds is 3. The number of hydrogen-bond acceptors (Lipinski definition) is 2. The maximum atomic E-state index is 13.2. The molecule has 5 rings (SSSR count). The topological polar surface area (TPSA) is 25.8 Å². The van der Waals surface area contributed by atoms with Gasteiger partial charge in [0, 0.05) is 34.5 Å². The van der Waals surface area contributed by atoms with E-state index in [9.17, 15) is 17.6 Å². The molecular formula is C27H16F4N2.